The van der Waals surface area contributed by atoms with Crippen LogP contribution in [0.15, 0.2) is 406 Å². The Bertz CT molecular complexity index is 7510. The van der Waals surface area contributed by atoms with Crippen LogP contribution in [-0.4, -0.2) is 54.8 Å². The van der Waals surface area contributed by atoms with E-state index in [0.29, 0.717) is 22.4 Å². The van der Waals surface area contributed by atoms with Crippen molar-refractivity contribution < 1.29 is 107 Å². The van der Waals surface area contributed by atoms with E-state index < -0.39 is 40.2 Å². The number of aryl methyl sites for hydroxylation is 8. The minimum atomic E-state index is -2.43. The summed E-state index contributed by atoms with van der Waals surface area (Å²) in [6.45, 7) is -1.31. The molecule has 0 saturated carbocycles. The maximum atomic E-state index is 8.26. The van der Waals surface area contributed by atoms with Gasteiger partial charge in [0, 0.05) is 187 Å². The van der Waals surface area contributed by atoms with Gasteiger partial charge in [-0.1, -0.05) is 146 Å². The van der Waals surface area contributed by atoms with Crippen LogP contribution in [0.1, 0.15) is 98.6 Å². The second-order valence-corrected chi connectivity index (χ2v) is 29.9. The minimum Gasteiger partial charge on any atom is -0.476 e. The van der Waals surface area contributed by atoms with E-state index in [-0.39, 0.29) is 97.1 Å². The van der Waals surface area contributed by atoms with Crippen LogP contribution in [0.4, 0.5) is 0 Å². The molecule has 21 aromatic rings. The molecule has 137 heavy (non-hydrogen) atoms. The molecule has 0 N–H and O–H groups in total. The van der Waals surface area contributed by atoms with E-state index in [1.807, 2.05) is 267 Å². The van der Waals surface area contributed by atoms with Gasteiger partial charge in [0.05, 0.1) is 22.7 Å². The van der Waals surface area contributed by atoms with Gasteiger partial charge < -0.3 is 44.3 Å². The molecule has 1 atom stereocenters. The quantitative estimate of drug-likeness (QED) is 0.101. The topological polar surface area (TPSA) is 155 Å². The first-order chi connectivity index (χ1) is 71.5. The number of rotatable bonds is 13. The van der Waals surface area contributed by atoms with Crippen molar-refractivity contribution in [3.05, 3.63) is 500 Å². The van der Waals surface area contributed by atoms with Crippen molar-refractivity contribution >= 4 is 21.9 Å². The van der Waals surface area contributed by atoms with Crippen LogP contribution in [0, 0.1) is 96.7 Å². The van der Waals surface area contributed by atoms with E-state index in [1.165, 1.54) is 54.6 Å². The van der Waals surface area contributed by atoms with Gasteiger partial charge in [-0.05, 0) is 199 Å². The summed E-state index contributed by atoms with van der Waals surface area (Å²) in [6.07, 6.45) is 19.2. The van der Waals surface area contributed by atoms with Crippen molar-refractivity contribution in [1.82, 2.24) is 54.8 Å². The van der Waals surface area contributed by atoms with Crippen LogP contribution in [0.2, 0.25) is 0 Å². The first-order valence-corrected chi connectivity index (χ1v) is 42.7. The first-order valence-electron chi connectivity index (χ1n) is 50.7. The van der Waals surface area contributed by atoms with Gasteiger partial charge in [0.15, 0.2) is 0 Å². The average molecular weight is 2510 g/mol. The van der Waals surface area contributed by atoms with Gasteiger partial charge in [0.2, 0.25) is 0 Å². The normalized spacial score (nSPS) is 12.7. The number of hydrogen-bond acceptors (Lipinski definition) is 12. The Morgan fingerprint density at radius 2 is 0.628 bits per heavy atom. The Morgan fingerprint density at radius 3 is 0.978 bits per heavy atom. The zero-order valence-corrected chi connectivity index (χ0v) is 84.6. The average Bonchev–Trinajstić information content (AvgIpc) is 1.70. The molecular formula is C121H99Ir4N11O-8. The third-order valence-corrected chi connectivity index (χ3v) is 20.5. The number of hydrogen-bond donors (Lipinski definition) is 0. The molecule has 12 aromatic heterocycles. The Kier molecular flexibility index (Phi) is 33.3. The number of aromatic nitrogens is 11. The summed E-state index contributed by atoms with van der Waals surface area (Å²) in [5, 5.41) is 1.99. The molecular weight excluding hydrogens is 2390 g/mol. The van der Waals surface area contributed by atoms with Crippen LogP contribution in [-0.2, 0) is 86.8 Å². The molecule has 0 fully saturated rings. The molecule has 21 rings (SSSR count). The summed E-state index contributed by atoms with van der Waals surface area (Å²) in [4.78, 5) is 47.6. The summed E-state index contributed by atoms with van der Waals surface area (Å²) in [7, 11) is 0. The molecule has 12 heterocycles. The monoisotopic (exact) mass is 2510 g/mol. The number of fused-ring (bicyclic) bond motifs is 3. The van der Waals surface area contributed by atoms with E-state index in [1.54, 1.807) is 92.1 Å². The molecule has 9 aromatic carbocycles. The van der Waals surface area contributed by atoms with Crippen molar-refractivity contribution in [1.29, 1.82) is 0 Å². The third kappa shape index (κ3) is 30.5. The van der Waals surface area contributed by atoms with Crippen molar-refractivity contribution in [3.8, 4) is 124 Å². The number of benzene rings is 9. The Hall–Kier alpha value is -14.0. The third-order valence-electron chi connectivity index (χ3n) is 20.5. The maximum absolute atomic E-state index is 8.26. The molecule has 0 aliphatic heterocycles. The predicted octanol–water partition coefficient (Wildman–Crippen LogP) is 29.3. The molecule has 0 aliphatic rings. The van der Waals surface area contributed by atoms with Crippen LogP contribution >= 0.6 is 0 Å². The zero-order valence-electron chi connectivity index (χ0n) is 91.0. The summed E-state index contributed by atoms with van der Waals surface area (Å²) in [5.74, 6) is -1.71. The molecule has 0 spiro atoms. The standard InChI is InChI=1S/C20H16NO.C18H15N2.2C17H13N2.C13H12N.3C12H10N.4Ir/c1-13(2)14-9-10-21-18(11-14)15-7-8-17-16-5-3-4-6-19(16)22-20(17)12-15;1-2-14-12-18(15-8-4-3-5-9-15)20-13-16(14)17-10-6-7-11-19-17;2*1-13-11-17(14-7-3-2-4-8-14)19-12-15(13)16-9-5-6-10-18-16;1-10-8-13(14-9-11(10)2)12-6-4-3-5-7-12;3*1-10-7-8-12(13-9-10)11-5-3-2-4-6-11;;;;/h3-6,8-13H,1-2H3;3-8,10-13H,2H2,1H3;2*2-7,9-12H,1H3;3-6,8-9H,1-2H3;3*2-5,7-9H,1H3;;;;/q8*-1;;;;/i1D3,13D;;;;2D3;3*1D3;;;;. The van der Waals surface area contributed by atoms with E-state index in [9.17, 15) is 0 Å². The van der Waals surface area contributed by atoms with Gasteiger partial charge in [-0.25, -0.2) is 0 Å². The molecule has 688 valence electrons. The van der Waals surface area contributed by atoms with Gasteiger partial charge in [0.25, 0.3) is 0 Å². The van der Waals surface area contributed by atoms with Crippen LogP contribution in [0.3, 0.4) is 0 Å². The van der Waals surface area contributed by atoms with Crippen LogP contribution < -0.4 is 0 Å². The Balaban J connectivity index is 0.000000178. The summed E-state index contributed by atoms with van der Waals surface area (Å²) < 4.78 is 124. The number of para-hydroxylation sites is 1. The first kappa shape index (κ1) is 83.6. The molecule has 0 amide bonds. The molecule has 4 radical (unpaired) electrons. The van der Waals surface area contributed by atoms with Gasteiger partial charge in [-0.2, -0.15) is 0 Å². The van der Waals surface area contributed by atoms with E-state index in [4.69, 9.17) is 26.3 Å². The van der Waals surface area contributed by atoms with Gasteiger partial charge in [-0.15, -0.1) is 269 Å². The second kappa shape index (κ2) is 54.5. The fourth-order valence-electron chi connectivity index (χ4n) is 13.5. The fraction of sp³-hybridized carbons (Fsp3) is 0.0992. The van der Waals surface area contributed by atoms with Crippen LogP contribution in [0.5, 0.6) is 0 Å². The molecule has 1 unspecified atom stereocenters. The summed E-state index contributed by atoms with van der Waals surface area (Å²) in [5.41, 5.74) is 27.0. The van der Waals surface area contributed by atoms with Crippen molar-refractivity contribution in [2.75, 3.05) is 0 Å². The smallest absolute Gasteiger partial charge is 0.123 e. The van der Waals surface area contributed by atoms with Crippen molar-refractivity contribution in [3.63, 3.8) is 0 Å². The maximum Gasteiger partial charge on any atom is 0.123 e. The van der Waals surface area contributed by atoms with Crippen molar-refractivity contribution in [2.45, 2.75) is 81.2 Å². The number of furan rings is 1. The predicted molar refractivity (Wildman–Crippen MR) is 542 cm³/mol. The summed E-state index contributed by atoms with van der Waals surface area (Å²) >= 11 is 0. The van der Waals surface area contributed by atoms with Gasteiger partial charge in [0.1, 0.15) is 5.58 Å². The molecule has 12 nitrogen and oxygen atoms in total. The van der Waals surface area contributed by atoms with Gasteiger partial charge in [-0.3, -0.25) is 15.0 Å². The Morgan fingerprint density at radius 1 is 0.277 bits per heavy atom. The zero-order chi connectivity index (χ0) is 106. The molecule has 0 saturated heterocycles. The minimum absolute atomic E-state index is 0. The fourth-order valence-corrected chi connectivity index (χ4v) is 13.5. The number of nitrogens with zero attached hydrogens (tertiary/aromatic N) is 11. The number of pyridine rings is 11. The largest absolute Gasteiger partial charge is 0.476 e. The summed E-state index contributed by atoms with van der Waals surface area (Å²) in [6, 6.07) is 129. The molecule has 0 aliphatic carbocycles. The van der Waals surface area contributed by atoms with Crippen molar-refractivity contribution in [2.24, 2.45) is 0 Å². The van der Waals surface area contributed by atoms with Gasteiger partial charge >= 0.3 is 0 Å². The van der Waals surface area contributed by atoms with E-state index >= 15 is 0 Å². The Labute approximate surface area is 882 Å². The molecule has 16 heteroatoms. The van der Waals surface area contributed by atoms with E-state index in [2.05, 4.69) is 142 Å². The van der Waals surface area contributed by atoms with Crippen LogP contribution in [0.25, 0.3) is 146 Å². The van der Waals surface area contributed by atoms with E-state index in [0.717, 1.165) is 146 Å². The SMILES string of the molecule is CCc1cc(-c2[c-]cccc2)ncc1-c1ccccn1.Cc1cc(-c2[c-]cccc2)ncc1-c1ccccn1.Cc1cc(-c2[c-]cccc2)ncc1-c1ccccn1.[2H]C([2H])([2H])C([2H])(C)c1ccnc(-c2[c-]cc3c(c2)oc2ccccc23)c1.[2H]C([2H])([2H])c1ccc(-c2[c-]cccc2)nc1.[2H]C([2H])([2H])c1ccc(-c2[c-]cccc2)nc1.[2H]C([2H])([2H])c1ccc(-c2[c-]cccc2)nc1.[2H]C([2H])([2H])c1cnc(-c2[c-]cccc2)cc1C.[Ir].[Ir].[Ir].[Ir]. The molecule has 0 bridgehead atoms. The second-order valence-electron chi connectivity index (χ2n) is 29.9.